The molecule has 1 amide bonds. The number of rotatable bonds is 2. The normalized spacial score (nSPS) is 15.3. The molecule has 0 saturated heterocycles. The van der Waals surface area contributed by atoms with Gasteiger partial charge < -0.3 is 5.32 Å². The maximum absolute atomic E-state index is 11.4. The minimum atomic E-state index is -0.181. The van der Waals surface area contributed by atoms with Gasteiger partial charge in [-0.25, -0.2) is 0 Å². The molecule has 1 aliphatic rings. The van der Waals surface area contributed by atoms with Crippen LogP contribution in [0.4, 0.5) is 5.69 Å². The van der Waals surface area contributed by atoms with Crippen molar-refractivity contribution >= 4 is 39.1 Å². The Balaban J connectivity index is 1.93. The third-order valence-corrected chi connectivity index (χ3v) is 5.19. The Labute approximate surface area is 137 Å². The summed E-state index contributed by atoms with van der Waals surface area (Å²) in [5, 5.41) is 2.71. The average Bonchev–Trinajstić information content (AvgIpc) is 2.49. The maximum Gasteiger partial charge on any atom is 0.224 e. The minimum Gasteiger partial charge on any atom is -0.326 e. The topological polar surface area (TPSA) is 29.1 Å². The van der Waals surface area contributed by atoms with E-state index in [0.717, 1.165) is 33.3 Å². The van der Waals surface area contributed by atoms with Crippen molar-refractivity contribution in [2.24, 2.45) is 0 Å². The van der Waals surface area contributed by atoms with Crippen LogP contribution in [0, 0.1) is 6.92 Å². The number of benzene rings is 2. The van der Waals surface area contributed by atoms with Gasteiger partial charge in [-0.1, -0.05) is 40.2 Å². The van der Waals surface area contributed by atoms with Gasteiger partial charge in [0, 0.05) is 16.6 Å². The van der Waals surface area contributed by atoms with E-state index in [2.05, 4.69) is 40.3 Å². The van der Waals surface area contributed by atoms with Crippen molar-refractivity contribution in [1.82, 2.24) is 0 Å². The van der Waals surface area contributed by atoms with Crippen molar-refractivity contribution in [2.45, 2.75) is 25.1 Å². The third-order valence-electron chi connectivity index (χ3n) is 3.79. The van der Waals surface area contributed by atoms with Crippen LogP contribution in [0.25, 0.3) is 0 Å². The second kappa shape index (κ2) is 5.82. The lowest BCUT2D eigenvalue weighted by molar-refractivity contribution is -0.116. The molecule has 0 saturated carbocycles. The van der Waals surface area contributed by atoms with E-state index in [1.54, 1.807) is 0 Å². The summed E-state index contributed by atoms with van der Waals surface area (Å²) in [5.74, 6) is 0.0845. The fourth-order valence-corrected chi connectivity index (χ4v) is 3.10. The van der Waals surface area contributed by atoms with E-state index in [9.17, 15) is 4.79 Å². The van der Waals surface area contributed by atoms with Gasteiger partial charge >= 0.3 is 0 Å². The van der Waals surface area contributed by atoms with Crippen molar-refractivity contribution in [3.63, 3.8) is 0 Å². The fraction of sp³-hybridized carbons (Fsp3) is 0.235. The lowest BCUT2D eigenvalue weighted by Gasteiger charge is -2.19. The van der Waals surface area contributed by atoms with E-state index in [-0.39, 0.29) is 11.3 Å². The first-order chi connectivity index (χ1) is 10.0. The molecule has 1 heterocycles. The summed E-state index contributed by atoms with van der Waals surface area (Å²) in [6, 6.07) is 12.2. The summed E-state index contributed by atoms with van der Waals surface area (Å²) in [6.45, 7) is 2.06. The van der Waals surface area contributed by atoms with Gasteiger partial charge in [0.1, 0.15) is 0 Å². The number of hydrogen-bond acceptors (Lipinski definition) is 1. The lowest BCUT2D eigenvalue weighted by atomic mass is 9.96. The number of carbonyl (C=O) groups excluding carboxylic acids is 1. The molecule has 0 radical (unpaired) electrons. The highest BCUT2D eigenvalue weighted by Gasteiger charge is 2.18. The van der Waals surface area contributed by atoms with Crippen LogP contribution in [0.2, 0.25) is 0 Å². The Kier molecular flexibility index (Phi) is 4.05. The van der Waals surface area contributed by atoms with E-state index in [0.29, 0.717) is 6.42 Å². The second-order valence-electron chi connectivity index (χ2n) is 5.34. The van der Waals surface area contributed by atoms with Gasteiger partial charge in [-0.15, -0.1) is 11.6 Å². The molecule has 1 unspecified atom stereocenters. The number of alkyl halides is 1. The summed E-state index contributed by atoms with van der Waals surface area (Å²) in [6.07, 6.45) is 1.32. The highest BCUT2D eigenvalue weighted by molar-refractivity contribution is 9.10. The van der Waals surface area contributed by atoms with E-state index in [1.165, 1.54) is 5.56 Å². The molecule has 2 aromatic rings. The quantitative estimate of drug-likeness (QED) is 0.749. The fourth-order valence-electron chi connectivity index (χ4n) is 2.58. The first kappa shape index (κ1) is 14.6. The van der Waals surface area contributed by atoms with Crippen LogP contribution in [-0.4, -0.2) is 5.91 Å². The zero-order valence-corrected chi connectivity index (χ0v) is 14.0. The van der Waals surface area contributed by atoms with Crippen molar-refractivity contribution in [3.05, 3.63) is 63.1 Å². The highest BCUT2D eigenvalue weighted by atomic mass is 79.9. The van der Waals surface area contributed by atoms with Gasteiger partial charge in [0.25, 0.3) is 0 Å². The van der Waals surface area contributed by atoms with E-state index in [1.807, 2.05) is 24.3 Å². The number of nitrogens with one attached hydrogen (secondary N) is 1. The Morgan fingerprint density at radius 1 is 1.14 bits per heavy atom. The number of aryl methyl sites for hydroxylation is 2. The Morgan fingerprint density at radius 3 is 2.62 bits per heavy atom. The summed E-state index contributed by atoms with van der Waals surface area (Å²) in [7, 11) is 0. The van der Waals surface area contributed by atoms with Gasteiger partial charge in [0.05, 0.1) is 5.38 Å². The molecule has 1 aliphatic heterocycles. The predicted molar refractivity (Wildman–Crippen MR) is 90.0 cm³/mol. The van der Waals surface area contributed by atoms with E-state index >= 15 is 0 Å². The van der Waals surface area contributed by atoms with Crippen molar-refractivity contribution < 1.29 is 4.79 Å². The molecule has 4 heteroatoms. The van der Waals surface area contributed by atoms with Crippen LogP contribution >= 0.6 is 27.5 Å². The number of hydrogen-bond donors (Lipinski definition) is 1. The summed E-state index contributed by atoms with van der Waals surface area (Å²) in [5.41, 5.74) is 5.38. The van der Waals surface area contributed by atoms with Crippen LogP contribution in [0.1, 0.15) is 34.1 Å². The van der Waals surface area contributed by atoms with Gasteiger partial charge in [0.2, 0.25) is 5.91 Å². The first-order valence-electron chi connectivity index (χ1n) is 6.87. The van der Waals surface area contributed by atoms with Crippen molar-refractivity contribution in [2.75, 3.05) is 5.32 Å². The van der Waals surface area contributed by atoms with Gasteiger partial charge in [-0.2, -0.15) is 0 Å². The SMILES string of the molecule is Cc1cc(C(Cl)c2ccc3c(c2)CCC(=O)N3)ccc1Br. The van der Waals surface area contributed by atoms with Crippen LogP contribution in [0.5, 0.6) is 0 Å². The molecule has 2 nitrogen and oxygen atoms in total. The summed E-state index contributed by atoms with van der Waals surface area (Å²) < 4.78 is 1.09. The number of fused-ring (bicyclic) bond motifs is 1. The maximum atomic E-state index is 11.4. The van der Waals surface area contributed by atoms with Crippen LogP contribution in [-0.2, 0) is 11.2 Å². The smallest absolute Gasteiger partial charge is 0.224 e. The Bertz CT molecular complexity index is 714. The van der Waals surface area contributed by atoms with Crippen LogP contribution in [0.15, 0.2) is 40.9 Å². The van der Waals surface area contributed by atoms with Gasteiger partial charge in [-0.3, -0.25) is 4.79 Å². The molecule has 1 N–H and O–H groups in total. The second-order valence-corrected chi connectivity index (χ2v) is 6.63. The molecular weight excluding hydrogens is 350 g/mol. The van der Waals surface area contributed by atoms with E-state index < -0.39 is 0 Å². The minimum absolute atomic E-state index is 0.0845. The Hall–Kier alpha value is -1.32. The molecule has 2 aromatic carbocycles. The van der Waals surface area contributed by atoms with Crippen LogP contribution in [0.3, 0.4) is 0 Å². The van der Waals surface area contributed by atoms with Gasteiger partial charge in [-0.05, 0) is 47.7 Å². The largest absolute Gasteiger partial charge is 0.326 e. The summed E-state index contributed by atoms with van der Waals surface area (Å²) >= 11 is 10.1. The third kappa shape index (κ3) is 2.99. The monoisotopic (exact) mass is 363 g/mol. The van der Waals surface area contributed by atoms with Gasteiger partial charge in [0.15, 0.2) is 0 Å². The molecule has 0 bridgehead atoms. The number of carbonyl (C=O) groups is 1. The highest BCUT2D eigenvalue weighted by Crippen LogP contribution is 2.34. The van der Waals surface area contributed by atoms with Crippen molar-refractivity contribution in [1.29, 1.82) is 0 Å². The predicted octanol–water partition coefficient (Wildman–Crippen LogP) is 4.97. The Morgan fingerprint density at radius 2 is 1.86 bits per heavy atom. The molecule has 21 heavy (non-hydrogen) atoms. The molecule has 108 valence electrons. The summed E-state index contributed by atoms with van der Waals surface area (Å²) in [4.78, 5) is 11.4. The lowest BCUT2D eigenvalue weighted by Crippen LogP contribution is -2.19. The number of halogens is 2. The molecule has 1 atom stereocenters. The van der Waals surface area contributed by atoms with Crippen molar-refractivity contribution in [3.8, 4) is 0 Å². The van der Waals surface area contributed by atoms with Crippen LogP contribution < -0.4 is 5.32 Å². The average molecular weight is 365 g/mol. The molecule has 0 aromatic heterocycles. The first-order valence-corrected chi connectivity index (χ1v) is 8.10. The molecule has 0 aliphatic carbocycles. The van der Waals surface area contributed by atoms with E-state index in [4.69, 9.17) is 11.6 Å². The molecular formula is C17H15BrClNO. The zero-order valence-electron chi connectivity index (χ0n) is 11.6. The molecule has 0 spiro atoms. The number of anilines is 1. The zero-order chi connectivity index (χ0) is 15.0. The number of amides is 1. The molecule has 3 rings (SSSR count). The standard InChI is InChI=1S/C17H15BrClNO/c1-10-8-12(2-5-14(10)18)17(19)13-3-6-15-11(9-13)4-7-16(21)20-15/h2-3,5-6,8-9,17H,4,7H2,1H3,(H,20,21). The molecule has 0 fully saturated rings.